The Labute approximate surface area is 180 Å². The average molecular weight is 429 g/mol. The molecule has 0 aliphatic carbocycles. The van der Waals surface area contributed by atoms with Gasteiger partial charge < -0.3 is 4.90 Å². The number of nitrogens with one attached hydrogen (secondary N) is 1. The summed E-state index contributed by atoms with van der Waals surface area (Å²) in [5.74, 6) is 0.452. The lowest BCUT2D eigenvalue weighted by molar-refractivity contribution is -0.134. The lowest BCUT2D eigenvalue weighted by atomic mass is 9.98. The van der Waals surface area contributed by atoms with Crippen molar-refractivity contribution >= 4 is 15.9 Å². The summed E-state index contributed by atoms with van der Waals surface area (Å²) in [6.07, 6.45) is 2.23. The van der Waals surface area contributed by atoms with Crippen LogP contribution in [0.3, 0.4) is 0 Å². The average Bonchev–Trinajstić information content (AvgIpc) is 2.67. The van der Waals surface area contributed by atoms with Crippen LogP contribution in [0.25, 0.3) is 0 Å². The van der Waals surface area contributed by atoms with Gasteiger partial charge >= 0.3 is 0 Å². The number of likely N-dealkylation sites (tertiary alicyclic amines) is 1. The van der Waals surface area contributed by atoms with E-state index in [1.165, 1.54) is 0 Å². The molecule has 0 aromatic heterocycles. The highest BCUT2D eigenvalue weighted by Gasteiger charge is 2.32. The molecule has 1 atom stereocenters. The van der Waals surface area contributed by atoms with Gasteiger partial charge in [-0.3, -0.25) is 4.79 Å². The SMILES string of the molecule is Cc1cc(C)c(S(=O)(=O)NC(Cc2ccccc2)C(=O)N2CCC(C)CC2)c(C)c1. The highest BCUT2D eigenvalue weighted by molar-refractivity contribution is 7.89. The molecule has 30 heavy (non-hydrogen) atoms. The minimum absolute atomic E-state index is 0.142. The van der Waals surface area contributed by atoms with E-state index in [1.54, 1.807) is 13.8 Å². The molecule has 0 saturated carbocycles. The van der Waals surface area contributed by atoms with E-state index >= 15 is 0 Å². The van der Waals surface area contributed by atoms with Crippen LogP contribution in [0.1, 0.15) is 42.0 Å². The second-order valence-electron chi connectivity index (χ2n) is 8.60. The van der Waals surface area contributed by atoms with Crippen molar-refractivity contribution in [1.82, 2.24) is 9.62 Å². The molecule has 1 heterocycles. The Morgan fingerprint density at radius 3 is 2.20 bits per heavy atom. The van der Waals surface area contributed by atoms with Crippen LogP contribution in [-0.4, -0.2) is 38.4 Å². The molecule has 0 radical (unpaired) electrons. The second kappa shape index (κ2) is 9.31. The number of hydrogen-bond donors (Lipinski definition) is 1. The van der Waals surface area contributed by atoms with Crippen molar-refractivity contribution in [1.29, 1.82) is 0 Å². The lowest BCUT2D eigenvalue weighted by Crippen LogP contribution is -2.51. The molecular formula is C24H32N2O3S. The third-order valence-electron chi connectivity index (χ3n) is 5.85. The summed E-state index contributed by atoms with van der Waals surface area (Å²) in [5, 5.41) is 0. The number of nitrogens with zero attached hydrogens (tertiary/aromatic N) is 1. The predicted molar refractivity (Wildman–Crippen MR) is 120 cm³/mol. The van der Waals surface area contributed by atoms with E-state index in [0.29, 0.717) is 36.6 Å². The van der Waals surface area contributed by atoms with Crippen molar-refractivity contribution in [3.05, 3.63) is 64.7 Å². The zero-order chi connectivity index (χ0) is 21.9. The summed E-state index contributed by atoms with van der Waals surface area (Å²) in [6, 6.07) is 12.5. The van der Waals surface area contributed by atoms with E-state index in [2.05, 4.69) is 11.6 Å². The van der Waals surface area contributed by atoms with Gasteiger partial charge in [0.2, 0.25) is 15.9 Å². The van der Waals surface area contributed by atoms with Gasteiger partial charge in [-0.2, -0.15) is 4.72 Å². The minimum atomic E-state index is -3.85. The first-order valence-corrected chi connectivity index (χ1v) is 12.1. The second-order valence-corrected chi connectivity index (χ2v) is 10.3. The quantitative estimate of drug-likeness (QED) is 0.762. The van der Waals surface area contributed by atoms with Gasteiger partial charge in [0.15, 0.2) is 0 Å². The predicted octanol–water partition coefficient (Wildman–Crippen LogP) is 3.76. The molecule has 1 amide bonds. The van der Waals surface area contributed by atoms with Gasteiger partial charge in [-0.05, 0) is 62.6 Å². The van der Waals surface area contributed by atoms with Gasteiger partial charge in [-0.15, -0.1) is 0 Å². The highest BCUT2D eigenvalue weighted by Crippen LogP contribution is 2.23. The van der Waals surface area contributed by atoms with Crippen molar-refractivity contribution in [3.8, 4) is 0 Å². The number of rotatable bonds is 6. The molecule has 1 fully saturated rings. The molecular weight excluding hydrogens is 396 g/mol. The molecule has 0 bridgehead atoms. The standard InChI is InChI=1S/C24H32N2O3S/c1-17-10-12-26(13-11-17)24(27)22(16-21-8-6-5-7-9-21)25-30(28,29)23-19(3)14-18(2)15-20(23)4/h5-9,14-15,17,22,25H,10-13,16H2,1-4H3. The first kappa shape index (κ1) is 22.5. The van der Waals surface area contributed by atoms with Gasteiger partial charge in [0.1, 0.15) is 6.04 Å². The third kappa shape index (κ3) is 5.29. The fourth-order valence-electron chi connectivity index (χ4n) is 4.32. The van der Waals surface area contributed by atoms with Crippen LogP contribution in [0.4, 0.5) is 0 Å². The van der Waals surface area contributed by atoms with Gasteiger partial charge in [0.05, 0.1) is 4.90 Å². The third-order valence-corrected chi connectivity index (χ3v) is 7.62. The Bertz CT molecular complexity index is 971. The Morgan fingerprint density at radius 1 is 1.07 bits per heavy atom. The number of carbonyl (C=O) groups excluding carboxylic acids is 1. The number of carbonyl (C=O) groups is 1. The van der Waals surface area contributed by atoms with E-state index < -0.39 is 16.1 Å². The number of hydrogen-bond acceptors (Lipinski definition) is 3. The molecule has 5 nitrogen and oxygen atoms in total. The van der Waals surface area contributed by atoms with E-state index in [0.717, 1.165) is 24.0 Å². The summed E-state index contributed by atoms with van der Waals surface area (Å²) in [7, 11) is -3.85. The van der Waals surface area contributed by atoms with Crippen LogP contribution in [0.2, 0.25) is 0 Å². The Balaban J connectivity index is 1.91. The maximum Gasteiger partial charge on any atom is 0.241 e. The van der Waals surface area contributed by atoms with Crippen molar-refractivity contribution < 1.29 is 13.2 Å². The molecule has 6 heteroatoms. The van der Waals surface area contributed by atoms with Crippen LogP contribution in [0.5, 0.6) is 0 Å². The van der Waals surface area contributed by atoms with Crippen LogP contribution < -0.4 is 4.72 Å². The molecule has 0 spiro atoms. The molecule has 2 aromatic carbocycles. The first-order chi connectivity index (χ1) is 14.2. The molecule has 162 valence electrons. The van der Waals surface area contributed by atoms with Crippen molar-refractivity contribution in [3.63, 3.8) is 0 Å². The summed E-state index contributed by atoms with van der Waals surface area (Å²) < 4.78 is 29.4. The molecule has 2 aromatic rings. The molecule has 1 unspecified atom stereocenters. The molecule has 3 rings (SSSR count). The maximum atomic E-state index is 13.3. The highest BCUT2D eigenvalue weighted by atomic mass is 32.2. The Morgan fingerprint density at radius 2 is 1.63 bits per heavy atom. The van der Waals surface area contributed by atoms with E-state index in [9.17, 15) is 13.2 Å². The fourth-order valence-corrected chi connectivity index (χ4v) is 5.96. The molecule has 1 saturated heterocycles. The zero-order valence-corrected chi connectivity index (χ0v) is 19.1. The van der Waals surface area contributed by atoms with Gasteiger partial charge in [0, 0.05) is 13.1 Å². The van der Waals surface area contributed by atoms with E-state index in [4.69, 9.17) is 0 Å². The summed E-state index contributed by atoms with van der Waals surface area (Å²) in [6.45, 7) is 9.09. The zero-order valence-electron chi connectivity index (χ0n) is 18.3. The monoisotopic (exact) mass is 428 g/mol. The van der Waals surface area contributed by atoms with E-state index in [-0.39, 0.29) is 10.8 Å². The summed E-state index contributed by atoms with van der Waals surface area (Å²) in [4.78, 5) is 15.4. The molecule has 1 aliphatic heterocycles. The molecule has 1 N–H and O–H groups in total. The first-order valence-electron chi connectivity index (χ1n) is 10.6. The topological polar surface area (TPSA) is 66.5 Å². The number of benzene rings is 2. The van der Waals surface area contributed by atoms with Crippen molar-refractivity contribution in [2.75, 3.05) is 13.1 Å². The van der Waals surface area contributed by atoms with Crippen LogP contribution in [-0.2, 0) is 21.2 Å². The summed E-state index contributed by atoms with van der Waals surface area (Å²) in [5.41, 5.74) is 3.33. The summed E-state index contributed by atoms with van der Waals surface area (Å²) >= 11 is 0. The number of sulfonamides is 1. The smallest absolute Gasteiger partial charge is 0.241 e. The van der Waals surface area contributed by atoms with Crippen molar-refractivity contribution in [2.24, 2.45) is 5.92 Å². The van der Waals surface area contributed by atoms with Crippen LogP contribution >= 0.6 is 0 Å². The largest absolute Gasteiger partial charge is 0.341 e. The Hall–Kier alpha value is -2.18. The van der Waals surface area contributed by atoms with Gasteiger partial charge in [-0.1, -0.05) is 55.0 Å². The number of amides is 1. The number of piperidine rings is 1. The lowest BCUT2D eigenvalue weighted by Gasteiger charge is -2.33. The maximum absolute atomic E-state index is 13.3. The van der Waals surface area contributed by atoms with E-state index in [1.807, 2.05) is 54.3 Å². The van der Waals surface area contributed by atoms with Gasteiger partial charge in [0.25, 0.3) is 0 Å². The number of aryl methyl sites for hydroxylation is 3. The minimum Gasteiger partial charge on any atom is -0.341 e. The normalized spacial score (nSPS) is 16.5. The van der Waals surface area contributed by atoms with Crippen LogP contribution in [0, 0.1) is 26.7 Å². The van der Waals surface area contributed by atoms with Crippen molar-refractivity contribution in [2.45, 2.75) is 57.9 Å². The van der Waals surface area contributed by atoms with Crippen LogP contribution in [0.15, 0.2) is 47.4 Å². The fraction of sp³-hybridized carbons (Fsp3) is 0.458. The molecule has 1 aliphatic rings. The van der Waals surface area contributed by atoms with Gasteiger partial charge in [-0.25, -0.2) is 8.42 Å². The Kier molecular flexibility index (Phi) is 6.98.